The van der Waals surface area contributed by atoms with Gasteiger partial charge >= 0.3 is 5.97 Å². The van der Waals surface area contributed by atoms with Gasteiger partial charge in [0.15, 0.2) is 0 Å². The molecule has 4 heteroatoms. The third-order valence-corrected chi connectivity index (χ3v) is 3.85. The SMILES string of the molecule is Cc1ccc(C)c(-c2nc(C(C)C(=O)O)cs2)c1. The number of carbonyl (C=O) groups is 1. The lowest BCUT2D eigenvalue weighted by atomic mass is 10.1. The van der Waals surface area contributed by atoms with E-state index in [9.17, 15) is 4.79 Å². The van der Waals surface area contributed by atoms with Crippen LogP contribution in [0.4, 0.5) is 0 Å². The molecule has 0 aliphatic rings. The normalized spacial score (nSPS) is 12.4. The molecule has 1 unspecified atom stereocenters. The van der Waals surface area contributed by atoms with E-state index in [1.54, 1.807) is 6.92 Å². The number of aromatic nitrogens is 1. The van der Waals surface area contributed by atoms with Gasteiger partial charge in [0.25, 0.3) is 0 Å². The lowest BCUT2D eigenvalue weighted by Crippen LogP contribution is -2.07. The summed E-state index contributed by atoms with van der Waals surface area (Å²) in [4.78, 5) is 15.4. The van der Waals surface area contributed by atoms with Crippen molar-refractivity contribution in [3.8, 4) is 10.6 Å². The predicted molar refractivity (Wildman–Crippen MR) is 73.1 cm³/mol. The van der Waals surface area contributed by atoms with Crippen molar-refractivity contribution in [3.05, 3.63) is 40.4 Å². The Hall–Kier alpha value is -1.68. The first-order valence-corrected chi connectivity index (χ1v) is 6.63. The molecule has 0 aliphatic heterocycles. The molecular weight excluding hydrogens is 246 g/mol. The van der Waals surface area contributed by atoms with Gasteiger partial charge in [0.1, 0.15) is 5.01 Å². The summed E-state index contributed by atoms with van der Waals surface area (Å²) in [5, 5.41) is 11.7. The lowest BCUT2D eigenvalue weighted by molar-refractivity contribution is -0.138. The van der Waals surface area contributed by atoms with Crippen LogP contribution in [0.2, 0.25) is 0 Å². The first kappa shape index (κ1) is 12.8. The van der Waals surface area contributed by atoms with Crippen molar-refractivity contribution in [3.63, 3.8) is 0 Å². The second-order valence-electron chi connectivity index (χ2n) is 4.46. The highest BCUT2D eigenvalue weighted by molar-refractivity contribution is 7.13. The average molecular weight is 261 g/mol. The summed E-state index contributed by atoms with van der Waals surface area (Å²) in [6.45, 7) is 5.73. The maximum absolute atomic E-state index is 10.9. The molecule has 1 aromatic heterocycles. The minimum Gasteiger partial charge on any atom is -0.481 e. The van der Waals surface area contributed by atoms with Crippen LogP contribution in [0, 0.1) is 13.8 Å². The molecule has 94 valence electrons. The van der Waals surface area contributed by atoms with E-state index in [1.807, 2.05) is 19.2 Å². The van der Waals surface area contributed by atoms with Gasteiger partial charge in [0, 0.05) is 10.9 Å². The van der Waals surface area contributed by atoms with Crippen molar-refractivity contribution >= 4 is 17.3 Å². The highest BCUT2D eigenvalue weighted by Crippen LogP contribution is 2.29. The van der Waals surface area contributed by atoms with Crippen LogP contribution in [0.5, 0.6) is 0 Å². The Kier molecular flexibility index (Phi) is 3.48. The molecular formula is C14H15NO2S. The van der Waals surface area contributed by atoms with Gasteiger partial charge in [-0.2, -0.15) is 0 Å². The molecule has 1 N–H and O–H groups in total. The number of hydrogen-bond acceptors (Lipinski definition) is 3. The van der Waals surface area contributed by atoms with Crippen molar-refractivity contribution < 1.29 is 9.90 Å². The van der Waals surface area contributed by atoms with Gasteiger partial charge in [-0.25, -0.2) is 4.98 Å². The summed E-state index contributed by atoms with van der Waals surface area (Å²) in [6, 6.07) is 6.21. The summed E-state index contributed by atoms with van der Waals surface area (Å²) in [5.41, 5.74) is 4.05. The number of hydrogen-bond donors (Lipinski definition) is 1. The third-order valence-electron chi connectivity index (χ3n) is 2.96. The zero-order valence-corrected chi connectivity index (χ0v) is 11.4. The van der Waals surface area contributed by atoms with E-state index in [0.29, 0.717) is 5.69 Å². The molecule has 0 aliphatic carbocycles. The fraction of sp³-hybridized carbons (Fsp3) is 0.286. The molecule has 0 bridgehead atoms. The van der Waals surface area contributed by atoms with Crippen molar-refractivity contribution in [2.45, 2.75) is 26.7 Å². The number of aryl methyl sites for hydroxylation is 2. The van der Waals surface area contributed by atoms with E-state index in [2.05, 4.69) is 23.2 Å². The Morgan fingerprint density at radius 3 is 2.78 bits per heavy atom. The van der Waals surface area contributed by atoms with E-state index in [1.165, 1.54) is 16.9 Å². The summed E-state index contributed by atoms with van der Waals surface area (Å²) in [5.74, 6) is -1.40. The van der Waals surface area contributed by atoms with Gasteiger partial charge in [-0.05, 0) is 32.4 Å². The molecule has 1 atom stereocenters. The first-order valence-electron chi connectivity index (χ1n) is 5.75. The summed E-state index contributed by atoms with van der Waals surface area (Å²) in [7, 11) is 0. The van der Waals surface area contributed by atoms with Crippen molar-refractivity contribution in [1.82, 2.24) is 4.98 Å². The summed E-state index contributed by atoms with van der Waals surface area (Å²) in [6.07, 6.45) is 0. The van der Waals surface area contributed by atoms with Crippen LogP contribution >= 0.6 is 11.3 Å². The maximum atomic E-state index is 10.9. The smallest absolute Gasteiger partial charge is 0.312 e. The molecule has 0 amide bonds. The maximum Gasteiger partial charge on any atom is 0.312 e. The van der Waals surface area contributed by atoms with Gasteiger partial charge in [-0.1, -0.05) is 17.7 Å². The second kappa shape index (κ2) is 4.90. The Morgan fingerprint density at radius 2 is 2.11 bits per heavy atom. The monoisotopic (exact) mass is 261 g/mol. The molecule has 0 fully saturated rings. The van der Waals surface area contributed by atoms with Crippen LogP contribution in [0.15, 0.2) is 23.6 Å². The topological polar surface area (TPSA) is 50.2 Å². The molecule has 0 saturated heterocycles. The van der Waals surface area contributed by atoms with Crippen LogP contribution in [0.1, 0.15) is 29.7 Å². The molecule has 3 nitrogen and oxygen atoms in total. The minimum atomic E-state index is -0.840. The molecule has 2 aromatic rings. The number of thiazole rings is 1. The van der Waals surface area contributed by atoms with Gasteiger partial charge in [-0.3, -0.25) is 4.79 Å². The van der Waals surface area contributed by atoms with E-state index >= 15 is 0 Å². The van der Waals surface area contributed by atoms with E-state index in [-0.39, 0.29) is 0 Å². The molecule has 0 spiro atoms. The lowest BCUT2D eigenvalue weighted by Gasteiger charge is -2.04. The van der Waals surface area contributed by atoms with Gasteiger partial charge in [0.2, 0.25) is 0 Å². The Bertz CT molecular complexity index is 589. The van der Waals surface area contributed by atoms with E-state index in [0.717, 1.165) is 16.1 Å². The largest absolute Gasteiger partial charge is 0.481 e. The van der Waals surface area contributed by atoms with Crippen molar-refractivity contribution in [1.29, 1.82) is 0 Å². The molecule has 1 aromatic carbocycles. The number of benzene rings is 1. The van der Waals surface area contributed by atoms with E-state index in [4.69, 9.17) is 5.11 Å². The number of carboxylic acids is 1. The van der Waals surface area contributed by atoms with Gasteiger partial charge in [0.05, 0.1) is 11.6 Å². The van der Waals surface area contributed by atoms with E-state index < -0.39 is 11.9 Å². The highest BCUT2D eigenvalue weighted by atomic mass is 32.1. The number of aliphatic carboxylic acids is 1. The molecule has 2 rings (SSSR count). The third kappa shape index (κ3) is 2.43. The van der Waals surface area contributed by atoms with Crippen LogP contribution in [-0.2, 0) is 4.79 Å². The second-order valence-corrected chi connectivity index (χ2v) is 5.31. The standard InChI is InChI=1S/C14H15NO2S/c1-8-4-5-9(2)11(6-8)13-15-12(7-18-13)10(3)14(16)17/h4-7,10H,1-3H3,(H,16,17). The van der Waals surface area contributed by atoms with Gasteiger partial charge in [-0.15, -0.1) is 11.3 Å². The summed E-state index contributed by atoms with van der Waals surface area (Å²) < 4.78 is 0. The fourth-order valence-electron chi connectivity index (χ4n) is 1.70. The molecule has 0 saturated carbocycles. The van der Waals surface area contributed by atoms with Gasteiger partial charge < -0.3 is 5.11 Å². The Morgan fingerprint density at radius 1 is 1.39 bits per heavy atom. The van der Waals surface area contributed by atoms with Crippen LogP contribution < -0.4 is 0 Å². The summed E-state index contributed by atoms with van der Waals surface area (Å²) >= 11 is 1.50. The number of rotatable bonds is 3. The average Bonchev–Trinajstić information content (AvgIpc) is 2.80. The fourth-order valence-corrected chi connectivity index (χ4v) is 2.70. The first-order chi connectivity index (χ1) is 8.49. The van der Waals surface area contributed by atoms with Crippen molar-refractivity contribution in [2.24, 2.45) is 0 Å². The Balaban J connectivity index is 2.41. The van der Waals surface area contributed by atoms with Crippen molar-refractivity contribution in [2.75, 3.05) is 0 Å². The number of nitrogens with zero attached hydrogens (tertiary/aromatic N) is 1. The zero-order valence-electron chi connectivity index (χ0n) is 10.6. The quantitative estimate of drug-likeness (QED) is 0.918. The molecule has 18 heavy (non-hydrogen) atoms. The molecule has 1 heterocycles. The Labute approximate surface area is 110 Å². The predicted octanol–water partition coefficient (Wildman–Crippen LogP) is 3.62. The highest BCUT2D eigenvalue weighted by Gasteiger charge is 2.18. The van der Waals surface area contributed by atoms with Crippen LogP contribution in [-0.4, -0.2) is 16.1 Å². The minimum absolute atomic E-state index is 0.555. The number of carboxylic acid groups (broad SMARTS) is 1. The zero-order chi connectivity index (χ0) is 13.3. The van der Waals surface area contributed by atoms with Crippen LogP contribution in [0.25, 0.3) is 10.6 Å². The van der Waals surface area contributed by atoms with Crippen LogP contribution in [0.3, 0.4) is 0 Å². The molecule has 0 radical (unpaired) electrons.